The predicted molar refractivity (Wildman–Crippen MR) is 118 cm³/mol. The second-order valence-corrected chi connectivity index (χ2v) is 10.3. The van der Waals surface area contributed by atoms with Gasteiger partial charge < -0.3 is 9.88 Å². The summed E-state index contributed by atoms with van der Waals surface area (Å²) < 4.78 is 30.5. The SMILES string of the molecule is Cn1cnc2cc(C(=O)N[C@@H]3CCc4ccc(S(=O)(=O)NC5CCCC5)cc43)ccc21. The van der Waals surface area contributed by atoms with Gasteiger partial charge >= 0.3 is 0 Å². The summed E-state index contributed by atoms with van der Waals surface area (Å²) in [6, 6.07) is 10.6. The van der Waals surface area contributed by atoms with Gasteiger partial charge in [0, 0.05) is 18.7 Å². The van der Waals surface area contributed by atoms with E-state index < -0.39 is 10.0 Å². The molecule has 0 radical (unpaired) electrons. The van der Waals surface area contributed by atoms with Gasteiger partial charge in [0.25, 0.3) is 5.91 Å². The number of aryl methyl sites for hydroxylation is 2. The average molecular weight is 439 g/mol. The van der Waals surface area contributed by atoms with Crippen molar-refractivity contribution in [2.24, 2.45) is 7.05 Å². The van der Waals surface area contributed by atoms with Crippen LogP contribution in [-0.4, -0.2) is 29.9 Å². The van der Waals surface area contributed by atoms with Crippen molar-refractivity contribution in [1.29, 1.82) is 0 Å². The minimum Gasteiger partial charge on any atom is -0.345 e. The zero-order valence-electron chi connectivity index (χ0n) is 17.5. The molecule has 0 unspecified atom stereocenters. The maximum Gasteiger partial charge on any atom is 0.251 e. The molecule has 3 aromatic rings. The third-order valence-electron chi connectivity index (χ3n) is 6.48. The van der Waals surface area contributed by atoms with Crippen LogP contribution in [0.1, 0.15) is 59.6 Å². The van der Waals surface area contributed by atoms with Crippen molar-refractivity contribution in [2.75, 3.05) is 0 Å². The first-order valence-corrected chi connectivity index (χ1v) is 12.3. The number of carbonyl (C=O) groups is 1. The van der Waals surface area contributed by atoms with Gasteiger partial charge in [-0.1, -0.05) is 18.9 Å². The molecule has 7 nitrogen and oxygen atoms in total. The molecular weight excluding hydrogens is 412 g/mol. The van der Waals surface area contributed by atoms with Crippen LogP contribution in [0.2, 0.25) is 0 Å². The first-order chi connectivity index (χ1) is 14.9. The number of hydrogen-bond donors (Lipinski definition) is 2. The molecule has 1 saturated carbocycles. The van der Waals surface area contributed by atoms with E-state index in [2.05, 4.69) is 15.0 Å². The number of nitrogens with one attached hydrogen (secondary N) is 2. The average Bonchev–Trinajstić information content (AvgIpc) is 3.49. The van der Waals surface area contributed by atoms with E-state index in [9.17, 15) is 13.2 Å². The van der Waals surface area contributed by atoms with Crippen molar-refractivity contribution in [3.05, 3.63) is 59.4 Å². The van der Waals surface area contributed by atoms with Crippen molar-refractivity contribution in [3.63, 3.8) is 0 Å². The molecule has 31 heavy (non-hydrogen) atoms. The number of carbonyl (C=O) groups excluding carboxylic acids is 1. The lowest BCUT2D eigenvalue weighted by Crippen LogP contribution is -2.33. The standard InChI is InChI=1S/C23H26N4O3S/c1-27-14-24-21-12-16(8-11-22(21)27)23(28)25-20-10-7-15-6-9-18(13-19(15)20)31(29,30)26-17-4-2-3-5-17/h6,8-9,11-14,17,20,26H,2-5,7,10H2,1H3,(H,25,28)/t20-/m1/s1. The lowest BCUT2D eigenvalue weighted by Gasteiger charge is -2.17. The van der Waals surface area contributed by atoms with Crippen LogP contribution < -0.4 is 10.0 Å². The second kappa shape index (κ2) is 7.76. The zero-order chi connectivity index (χ0) is 21.6. The fourth-order valence-electron chi connectivity index (χ4n) is 4.75. The number of nitrogens with zero attached hydrogens (tertiary/aromatic N) is 2. The van der Waals surface area contributed by atoms with E-state index in [-0.39, 0.29) is 22.9 Å². The van der Waals surface area contributed by atoms with Crippen LogP contribution >= 0.6 is 0 Å². The normalized spacial score (nSPS) is 19.1. The molecule has 162 valence electrons. The smallest absolute Gasteiger partial charge is 0.251 e. The highest BCUT2D eigenvalue weighted by molar-refractivity contribution is 7.89. The Hall–Kier alpha value is -2.71. The van der Waals surface area contributed by atoms with Crippen molar-refractivity contribution >= 4 is 27.0 Å². The van der Waals surface area contributed by atoms with E-state index in [1.54, 1.807) is 30.6 Å². The number of imidazole rings is 1. The Morgan fingerprint density at radius 2 is 1.90 bits per heavy atom. The lowest BCUT2D eigenvalue weighted by molar-refractivity contribution is 0.0937. The second-order valence-electron chi connectivity index (χ2n) is 8.59. The van der Waals surface area contributed by atoms with Gasteiger partial charge in [0.05, 0.1) is 28.3 Å². The molecule has 1 aromatic heterocycles. The molecular formula is C23H26N4O3S. The Kier molecular flexibility index (Phi) is 5.06. The summed E-state index contributed by atoms with van der Waals surface area (Å²) in [7, 11) is -1.65. The molecule has 5 rings (SSSR count). The zero-order valence-corrected chi connectivity index (χ0v) is 18.3. The molecule has 0 bridgehead atoms. The Morgan fingerprint density at radius 3 is 2.71 bits per heavy atom. The summed E-state index contributed by atoms with van der Waals surface area (Å²) in [5.41, 5.74) is 4.26. The minimum absolute atomic E-state index is 0.0234. The highest BCUT2D eigenvalue weighted by atomic mass is 32.2. The molecule has 0 aliphatic heterocycles. The third kappa shape index (κ3) is 3.85. The van der Waals surface area contributed by atoms with E-state index in [4.69, 9.17) is 0 Å². The van der Waals surface area contributed by atoms with E-state index in [0.29, 0.717) is 5.56 Å². The fourth-order valence-corrected chi connectivity index (χ4v) is 6.09. The molecule has 1 atom stereocenters. The quantitative estimate of drug-likeness (QED) is 0.640. The van der Waals surface area contributed by atoms with Gasteiger partial charge in [-0.2, -0.15) is 0 Å². The van der Waals surface area contributed by atoms with Crippen LogP contribution in [-0.2, 0) is 23.5 Å². The van der Waals surface area contributed by atoms with Gasteiger partial charge in [0.2, 0.25) is 10.0 Å². The van der Waals surface area contributed by atoms with Gasteiger partial charge in [-0.15, -0.1) is 0 Å². The fraction of sp³-hybridized carbons (Fsp3) is 0.391. The number of fused-ring (bicyclic) bond motifs is 2. The van der Waals surface area contributed by atoms with Gasteiger partial charge in [0.1, 0.15) is 0 Å². The molecule has 1 fully saturated rings. The molecule has 2 N–H and O–H groups in total. The largest absolute Gasteiger partial charge is 0.345 e. The third-order valence-corrected chi connectivity index (χ3v) is 7.99. The number of amides is 1. The van der Waals surface area contributed by atoms with Crippen molar-refractivity contribution < 1.29 is 13.2 Å². The van der Waals surface area contributed by atoms with E-state index >= 15 is 0 Å². The number of rotatable bonds is 5. The first-order valence-electron chi connectivity index (χ1n) is 10.8. The summed E-state index contributed by atoms with van der Waals surface area (Å²) >= 11 is 0. The summed E-state index contributed by atoms with van der Waals surface area (Å²) in [4.78, 5) is 17.5. The molecule has 1 heterocycles. The summed E-state index contributed by atoms with van der Waals surface area (Å²) in [6.45, 7) is 0. The minimum atomic E-state index is -3.56. The van der Waals surface area contributed by atoms with Crippen LogP contribution in [0.5, 0.6) is 0 Å². The van der Waals surface area contributed by atoms with E-state index in [1.807, 2.05) is 23.7 Å². The van der Waals surface area contributed by atoms with Crippen molar-refractivity contribution in [2.45, 2.75) is 55.5 Å². The van der Waals surface area contributed by atoms with Crippen molar-refractivity contribution in [3.8, 4) is 0 Å². The number of sulfonamides is 1. The highest BCUT2D eigenvalue weighted by Crippen LogP contribution is 2.33. The van der Waals surface area contributed by atoms with Crippen molar-refractivity contribution in [1.82, 2.24) is 19.6 Å². The van der Waals surface area contributed by atoms with Crippen LogP contribution in [0, 0.1) is 0 Å². The Balaban J connectivity index is 1.36. The summed E-state index contributed by atoms with van der Waals surface area (Å²) in [5, 5.41) is 3.09. The van der Waals surface area contributed by atoms with Gasteiger partial charge in [0.15, 0.2) is 0 Å². The molecule has 0 saturated heterocycles. The number of aromatic nitrogens is 2. The van der Waals surface area contributed by atoms with Crippen LogP contribution in [0.4, 0.5) is 0 Å². The number of hydrogen-bond acceptors (Lipinski definition) is 4. The summed E-state index contributed by atoms with van der Waals surface area (Å²) in [5.74, 6) is -0.178. The van der Waals surface area contributed by atoms with Crippen LogP contribution in [0.25, 0.3) is 11.0 Å². The molecule has 0 spiro atoms. The molecule has 1 amide bonds. The molecule has 2 aromatic carbocycles. The van der Waals surface area contributed by atoms with Gasteiger partial charge in [-0.05, 0) is 67.1 Å². The Bertz CT molecular complexity index is 1260. The Morgan fingerprint density at radius 1 is 1.10 bits per heavy atom. The van der Waals surface area contributed by atoms with Crippen LogP contribution in [0.3, 0.4) is 0 Å². The first kappa shape index (κ1) is 20.2. The predicted octanol–water partition coefficient (Wildman–Crippen LogP) is 3.21. The summed E-state index contributed by atoms with van der Waals surface area (Å²) in [6.07, 6.45) is 7.21. The van der Waals surface area contributed by atoms with E-state index in [0.717, 1.165) is 60.7 Å². The van der Waals surface area contributed by atoms with Gasteiger partial charge in [-0.25, -0.2) is 18.1 Å². The number of benzene rings is 2. The molecule has 8 heteroatoms. The van der Waals surface area contributed by atoms with E-state index in [1.165, 1.54) is 0 Å². The van der Waals surface area contributed by atoms with Gasteiger partial charge in [-0.3, -0.25) is 4.79 Å². The maximum atomic E-state index is 12.9. The monoisotopic (exact) mass is 438 g/mol. The topological polar surface area (TPSA) is 93.1 Å². The molecule has 2 aliphatic carbocycles. The lowest BCUT2D eigenvalue weighted by atomic mass is 10.1. The Labute approximate surface area is 181 Å². The highest BCUT2D eigenvalue weighted by Gasteiger charge is 2.28. The van der Waals surface area contributed by atoms with Crippen LogP contribution in [0.15, 0.2) is 47.6 Å². The maximum absolute atomic E-state index is 12.9. The molecule has 2 aliphatic rings.